The summed E-state index contributed by atoms with van der Waals surface area (Å²) in [5, 5.41) is 0. The molecule has 7 nitrogen and oxygen atoms in total. The second-order valence-corrected chi connectivity index (χ2v) is 5.59. The standard InChI is InChI=1S/C18H21NO6/c1-12-16(24-13(2)20)18(25-14(3)21)19(17(12)22)9-10-23-11-15-7-5-4-6-8-15/h4-8,16,18H,1,9-11H2,2-3H3/t16-,18?/m1/s1. The van der Waals surface area contributed by atoms with E-state index in [0.29, 0.717) is 6.61 Å². The Balaban J connectivity index is 1.98. The molecule has 0 aromatic heterocycles. The van der Waals surface area contributed by atoms with E-state index in [4.69, 9.17) is 14.2 Å². The maximum Gasteiger partial charge on any atom is 0.304 e. The van der Waals surface area contributed by atoms with Crippen LogP contribution in [0.5, 0.6) is 0 Å². The van der Waals surface area contributed by atoms with Crippen LogP contribution in [-0.2, 0) is 35.2 Å². The molecule has 0 radical (unpaired) electrons. The molecule has 1 saturated heterocycles. The first kappa shape index (κ1) is 18.7. The van der Waals surface area contributed by atoms with Crippen LogP contribution in [0.4, 0.5) is 0 Å². The fourth-order valence-electron chi connectivity index (χ4n) is 2.52. The molecule has 0 N–H and O–H groups in total. The number of carbonyl (C=O) groups is 3. The van der Waals surface area contributed by atoms with Gasteiger partial charge in [-0.1, -0.05) is 36.9 Å². The second kappa shape index (κ2) is 8.43. The third-order valence-corrected chi connectivity index (χ3v) is 3.61. The predicted octanol–water partition coefficient (Wildman–Crippen LogP) is 1.42. The molecule has 0 spiro atoms. The Morgan fingerprint density at radius 2 is 1.76 bits per heavy atom. The summed E-state index contributed by atoms with van der Waals surface area (Å²) in [4.78, 5) is 36.2. The van der Waals surface area contributed by atoms with Crippen LogP contribution < -0.4 is 0 Å². The van der Waals surface area contributed by atoms with Crippen LogP contribution in [0.2, 0.25) is 0 Å². The molecule has 0 saturated carbocycles. The van der Waals surface area contributed by atoms with E-state index in [1.165, 1.54) is 18.7 Å². The van der Waals surface area contributed by atoms with Crippen LogP contribution in [0.15, 0.2) is 42.5 Å². The molecular formula is C18H21NO6. The van der Waals surface area contributed by atoms with Gasteiger partial charge in [-0.2, -0.15) is 0 Å². The van der Waals surface area contributed by atoms with Gasteiger partial charge in [-0.05, 0) is 5.56 Å². The van der Waals surface area contributed by atoms with E-state index in [0.717, 1.165) is 5.56 Å². The van der Waals surface area contributed by atoms with Crippen molar-refractivity contribution in [3.63, 3.8) is 0 Å². The molecule has 7 heteroatoms. The van der Waals surface area contributed by atoms with Gasteiger partial charge in [-0.3, -0.25) is 19.3 Å². The van der Waals surface area contributed by atoms with Gasteiger partial charge in [0.15, 0.2) is 6.10 Å². The molecule has 134 valence electrons. The molecule has 1 aromatic carbocycles. The Hall–Kier alpha value is -2.67. The van der Waals surface area contributed by atoms with E-state index in [9.17, 15) is 14.4 Å². The molecule has 1 aliphatic rings. The number of carbonyl (C=O) groups excluding carboxylic acids is 3. The molecule has 0 bridgehead atoms. The van der Waals surface area contributed by atoms with Crippen molar-refractivity contribution in [3.05, 3.63) is 48.0 Å². The van der Waals surface area contributed by atoms with E-state index in [1.807, 2.05) is 30.3 Å². The Labute approximate surface area is 146 Å². The topological polar surface area (TPSA) is 82.1 Å². The number of likely N-dealkylation sites (tertiary alicyclic amines) is 1. The van der Waals surface area contributed by atoms with Gasteiger partial charge in [0.1, 0.15) is 0 Å². The zero-order valence-electron chi connectivity index (χ0n) is 14.3. The molecule has 25 heavy (non-hydrogen) atoms. The SMILES string of the molecule is C=C1C(=O)N(CCOCc2ccccc2)C(OC(C)=O)[C@@H]1OC(C)=O. The average molecular weight is 347 g/mol. The van der Waals surface area contributed by atoms with Crippen molar-refractivity contribution in [2.24, 2.45) is 0 Å². The number of rotatable bonds is 7. The van der Waals surface area contributed by atoms with Crippen LogP contribution in [0.3, 0.4) is 0 Å². The van der Waals surface area contributed by atoms with Gasteiger partial charge in [0.25, 0.3) is 5.91 Å². The number of esters is 2. The maximum atomic E-state index is 12.3. The normalized spacial score (nSPS) is 19.8. The Kier molecular flexibility index (Phi) is 6.30. The zero-order valence-corrected chi connectivity index (χ0v) is 14.3. The minimum Gasteiger partial charge on any atom is -0.451 e. The molecule has 1 aromatic rings. The number of hydrogen-bond acceptors (Lipinski definition) is 6. The van der Waals surface area contributed by atoms with Crippen LogP contribution in [0.1, 0.15) is 19.4 Å². The third kappa shape index (κ3) is 4.90. The molecule has 1 aliphatic heterocycles. The van der Waals surface area contributed by atoms with Crippen LogP contribution in [-0.4, -0.2) is 48.2 Å². The summed E-state index contributed by atoms with van der Waals surface area (Å²) in [5.74, 6) is -1.60. The van der Waals surface area contributed by atoms with Crippen molar-refractivity contribution in [2.45, 2.75) is 32.8 Å². The first-order valence-corrected chi connectivity index (χ1v) is 7.86. The average Bonchev–Trinajstić information content (AvgIpc) is 2.77. The van der Waals surface area contributed by atoms with Gasteiger partial charge in [-0.25, -0.2) is 0 Å². The summed E-state index contributed by atoms with van der Waals surface area (Å²) in [5.41, 5.74) is 1.08. The van der Waals surface area contributed by atoms with Crippen LogP contribution in [0.25, 0.3) is 0 Å². The maximum absolute atomic E-state index is 12.3. The lowest BCUT2D eigenvalue weighted by Gasteiger charge is -2.26. The summed E-state index contributed by atoms with van der Waals surface area (Å²) in [6, 6.07) is 9.60. The van der Waals surface area contributed by atoms with E-state index < -0.39 is 30.2 Å². The lowest BCUT2D eigenvalue weighted by atomic mass is 10.2. The van der Waals surface area contributed by atoms with Crippen molar-refractivity contribution in [1.82, 2.24) is 4.90 Å². The van der Waals surface area contributed by atoms with E-state index >= 15 is 0 Å². The highest BCUT2D eigenvalue weighted by Gasteiger charge is 2.47. The number of nitrogens with zero attached hydrogens (tertiary/aromatic N) is 1. The first-order valence-electron chi connectivity index (χ1n) is 7.86. The fourth-order valence-corrected chi connectivity index (χ4v) is 2.52. The summed E-state index contributed by atoms with van der Waals surface area (Å²) >= 11 is 0. The monoisotopic (exact) mass is 347 g/mol. The van der Waals surface area contributed by atoms with Gasteiger partial charge in [-0.15, -0.1) is 0 Å². The molecule has 2 atom stereocenters. The lowest BCUT2D eigenvalue weighted by molar-refractivity contribution is -0.173. The summed E-state index contributed by atoms with van der Waals surface area (Å²) in [6.45, 7) is 6.91. The third-order valence-electron chi connectivity index (χ3n) is 3.61. The van der Waals surface area contributed by atoms with Gasteiger partial charge in [0, 0.05) is 20.4 Å². The number of amides is 1. The molecule has 1 heterocycles. The minimum atomic E-state index is -1.03. The summed E-state index contributed by atoms with van der Waals surface area (Å²) < 4.78 is 15.8. The highest BCUT2D eigenvalue weighted by atomic mass is 16.6. The number of hydrogen-bond donors (Lipinski definition) is 0. The van der Waals surface area contributed by atoms with Gasteiger partial charge in [0.05, 0.1) is 18.8 Å². The van der Waals surface area contributed by atoms with Crippen molar-refractivity contribution in [1.29, 1.82) is 0 Å². The van der Waals surface area contributed by atoms with Gasteiger partial charge in [0.2, 0.25) is 6.23 Å². The van der Waals surface area contributed by atoms with Crippen molar-refractivity contribution in [3.8, 4) is 0 Å². The Morgan fingerprint density at radius 3 is 2.36 bits per heavy atom. The van der Waals surface area contributed by atoms with E-state index in [2.05, 4.69) is 6.58 Å². The molecule has 1 fully saturated rings. The minimum absolute atomic E-state index is 0.0736. The second-order valence-electron chi connectivity index (χ2n) is 5.59. The smallest absolute Gasteiger partial charge is 0.304 e. The zero-order chi connectivity index (χ0) is 18.4. The number of benzene rings is 1. The highest BCUT2D eigenvalue weighted by Crippen LogP contribution is 2.27. The van der Waals surface area contributed by atoms with Crippen LogP contribution in [0, 0.1) is 0 Å². The Morgan fingerprint density at radius 1 is 1.12 bits per heavy atom. The quantitative estimate of drug-likeness (QED) is 0.421. The molecule has 2 rings (SSSR count). The van der Waals surface area contributed by atoms with E-state index in [-0.39, 0.29) is 18.7 Å². The van der Waals surface area contributed by atoms with E-state index in [1.54, 1.807) is 0 Å². The number of ether oxygens (including phenoxy) is 3. The van der Waals surface area contributed by atoms with Gasteiger partial charge >= 0.3 is 11.9 Å². The predicted molar refractivity (Wildman–Crippen MR) is 88.1 cm³/mol. The first-order chi connectivity index (χ1) is 11.9. The Bertz CT molecular complexity index is 657. The van der Waals surface area contributed by atoms with Crippen molar-refractivity contribution >= 4 is 17.8 Å². The summed E-state index contributed by atoms with van der Waals surface area (Å²) in [7, 11) is 0. The lowest BCUT2D eigenvalue weighted by Crippen LogP contribution is -2.43. The van der Waals surface area contributed by atoms with Crippen LogP contribution >= 0.6 is 0 Å². The molecule has 1 unspecified atom stereocenters. The summed E-state index contributed by atoms with van der Waals surface area (Å²) in [6.07, 6.45) is -2.04. The molecule has 1 amide bonds. The largest absolute Gasteiger partial charge is 0.451 e. The van der Waals surface area contributed by atoms with Crippen molar-refractivity contribution in [2.75, 3.05) is 13.2 Å². The molecule has 0 aliphatic carbocycles. The molecular weight excluding hydrogens is 326 g/mol. The fraction of sp³-hybridized carbons (Fsp3) is 0.389. The van der Waals surface area contributed by atoms with Crippen molar-refractivity contribution < 1.29 is 28.6 Å². The van der Waals surface area contributed by atoms with Gasteiger partial charge < -0.3 is 14.2 Å². The highest BCUT2D eigenvalue weighted by molar-refractivity contribution is 5.97.